The number of ether oxygens (including phenoxy) is 3. The zero-order valence-corrected chi connectivity index (χ0v) is 30.4. The SMILES string of the molecule is COC(=O)N1C[C@@H](n2nc(-c3ccc(C(=O)Nc4cc(C(F)(F)F)ccn4)cc3)c3c(NCc4ccc(OC)cc4OC)ncc(I)c32)C[C@@H]1C(=O)O. The predicted molar refractivity (Wildman–Crippen MR) is 194 cm³/mol. The van der Waals surface area contributed by atoms with Crippen molar-refractivity contribution in [1.82, 2.24) is 24.6 Å². The van der Waals surface area contributed by atoms with Gasteiger partial charge < -0.3 is 30.0 Å². The Morgan fingerprint density at radius 2 is 1.77 bits per heavy atom. The number of hydrogen-bond acceptors (Lipinski definition) is 10. The van der Waals surface area contributed by atoms with Crippen molar-refractivity contribution in [2.75, 3.05) is 38.5 Å². The van der Waals surface area contributed by atoms with Gasteiger partial charge in [-0.05, 0) is 59.0 Å². The smallest absolute Gasteiger partial charge is 0.416 e. The molecule has 0 spiro atoms. The van der Waals surface area contributed by atoms with Crippen molar-refractivity contribution in [3.8, 4) is 22.8 Å². The maximum absolute atomic E-state index is 13.2. The van der Waals surface area contributed by atoms with Crippen LogP contribution in [0.5, 0.6) is 11.5 Å². The van der Waals surface area contributed by atoms with Gasteiger partial charge in [-0.2, -0.15) is 18.3 Å². The average molecular weight is 846 g/mol. The molecular weight excluding hydrogens is 814 g/mol. The van der Waals surface area contributed by atoms with Gasteiger partial charge >= 0.3 is 18.2 Å². The highest BCUT2D eigenvalue weighted by molar-refractivity contribution is 14.1. The lowest BCUT2D eigenvalue weighted by Crippen LogP contribution is -2.40. The number of benzene rings is 2. The van der Waals surface area contributed by atoms with Crippen molar-refractivity contribution in [3.63, 3.8) is 0 Å². The number of aromatic nitrogens is 4. The van der Waals surface area contributed by atoms with E-state index in [1.54, 1.807) is 49.4 Å². The number of fused-ring (bicyclic) bond motifs is 1. The van der Waals surface area contributed by atoms with E-state index in [-0.39, 0.29) is 30.9 Å². The van der Waals surface area contributed by atoms with E-state index in [9.17, 15) is 32.7 Å². The van der Waals surface area contributed by atoms with E-state index < -0.39 is 41.8 Å². The summed E-state index contributed by atoms with van der Waals surface area (Å²) in [4.78, 5) is 47.5. The molecular formula is C35H31F3IN7O7. The second kappa shape index (κ2) is 15.1. The molecule has 1 aliphatic rings. The number of nitrogens with zero attached hydrogens (tertiary/aromatic N) is 5. The molecule has 6 rings (SSSR count). The van der Waals surface area contributed by atoms with E-state index in [0.717, 1.165) is 28.8 Å². The van der Waals surface area contributed by atoms with Crippen molar-refractivity contribution in [1.29, 1.82) is 0 Å². The first-order chi connectivity index (χ1) is 25.3. The molecule has 1 fully saturated rings. The fourth-order valence-corrected chi connectivity index (χ4v) is 6.76. The Kier molecular flexibility index (Phi) is 10.6. The van der Waals surface area contributed by atoms with Crippen LogP contribution in [0.1, 0.15) is 33.9 Å². The topological polar surface area (TPSA) is 170 Å². The summed E-state index contributed by atoms with van der Waals surface area (Å²) >= 11 is 2.12. The minimum absolute atomic E-state index is 0.00670. The number of amides is 2. The third kappa shape index (κ3) is 7.62. The number of halogens is 4. The van der Waals surface area contributed by atoms with E-state index in [4.69, 9.17) is 19.3 Å². The van der Waals surface area contributed by atoms with Gasteiger partial charge in [0.25, 0.3) is 5.91 Å². The number of carboxylic acids is 1. The minimum Gasteiger partial charge on any atom is -0.497 e. The normalized spacial score (nSPS) is 15.6. The molecule has 53 heavy (non-hydrogen) atoms. The Bertz CT molecular complexity index is 2200. The molecule has 1 aliphatic heterocycles. The summed E-state index contributed by atoms with van der Waals surface area (Å²) in [6.07, 6.45) is -2.73. The number of carboxylic acid groups (broad SMARTS) is 1. The van der Waals surface area contributed by atoms with Gasteiger partial charge in [-0.3, -0.25) is 14.4 Å². The summed E-state index contributed by atoms with van der Waals surface area (Å²) in [6, 6.07) is 11.5. The molecule has 18 heteroatoms. The number of anilines is 2. The van der Waals surface area contributed by atoms with Crippen LogP contribution in [-0.2, 0) is 22.3 Å². The lowest BCUT2D eigenvalue weighted by molar-refractivity contribution is -0.141. The van der Waals surface area contributed by atoms with Gasteiger partial charge in [0.15, 0.2) is 0 Å². The molecule has 14 nitrogen and oxygen atoms in total. The molecule has 3 aromatic heterocycles. The molecule has 1 saturated heterocycles. The zero-order valence-electron chi connectivity index (χ0n) is 28.3. The Morgan fingerprint density at radius 1 is 1.02 bits per heavy atom. The number of alkyl halides is 3. The number of rotatable bonds is 10. The zero-order chi connectivity index (χ0) is 38.0. The molecule has 2 amide bonds. The number of carbonyl (C=O) groups excluding carboxylic acids is 2. The predicted octanol–water partition coefficient (Wildman–Crippen LogP) is 6.46. The largest absolute Gasteiger partial charge is 0.497 e. The molecule has 0 unspecified atom stereocenters. The summed E-state index contributed by atoms with van der Waals surface area (Å²) in [5, 5.41) is 21.3. The van der Waals surface area contributed by atoms with Crippen LogP contribution in [0.2, 0.25) is 0 Å². The summed E-state index contributed by atoms with van der Waals surface area (Å²) in [6.45, 7) is 0.288. The molecule has 4 heterocycles. The highest BCUT2D eigenvalue weighted by Gasteiger charge is 2.42. The van der Waals surface area contributed by atoms with Crippen LogP contribution in [0.3, 0.4) is 0 Å². The van der Waals surface area contributed by atoms with E-state index >= 15 is 0 Å². The van der Waals surface area contributed by atoms with Gasteiger partial charge in [-0.15, -0.1) is 0 Å². The Morgan fingerprint density at radius 3 is 2.43 bits per heavy atom. The standard InChI is InChI=1S/C35H31F3IN7O7/c1-51-23-9-8-20(26(14-23)52-2)15-41-31-28-29(18-4-6-19(7-5-18)32(47)43-27-12-21(10-11-40-27)35(36,37)38)44-46(30(28)24(39)16-42-31)22-13-25(33(48)49)45(17-22)34(50)53-3/h4-12,14,16,22,25H,13,15,17H2,1-3H3,(H,41,42)(H,48,49)(H,40,43,47)/t22-,25+/m0/s1. The van der Waals surface area contributed by atoms with Crippen LogP contribution in [0.4, 0.5) is 29.6 Å². The lowest BCUT2D eigenvalue weighted by atomic mass is 10.1. The Balaban J connectivity index is 1.40. The number of aliphatic carboxylic acids is 1. The molecule has 5 aromatic rings. The molecule has 3 N–H and O–H groups in total. The fraction of sp³-hybridized carbons (Fsp3) is 0.257. The van der Waals surface area contributed by atoms with Crippen LogP contribution >= 0.6 is 22.6 Å². The summed E-state index contributed by atoms with van der Waals surface area (Å²) < 4.78 is 57.7. The van der Waals surface area contributed by atoms with Crippen molar-refractivity contribution >= 4 is 63.1 Å². The van der Waals surface area contributed by atoms with Crippen LogP contribution in [0, 0.1) is 3.57 Å². The number of likely N-dealkylation sites (tertiary alicyclic amines) is 1. The first-order valence-electron chi connectivity index (χ1n) is 15.9. The molecule has 0 aliphatic carbocycles. The van der Waals surface area contributed by atoms with Crippen molar-refractivity contribution in [2.45, 2.75) is 31.2 Å². The minimum atomic E-state index is -4.61. The quantitative estimate of drug-likeness (QED) is 0.132. The third-order valence-corrected chi connectivity index (χ3v) is 9.48. The molecule has 0 bridgehead atoms. The average Bonchev–Trinajstić information content (AvgIpc) is 3.78. The number of pyridine rings is 2. The maximum Gasteiger partial charge on any atom is 0.416 e. The maximum atomic E-state index is 13.2. The van der Waals surface area contributed by atoms with E-state index in [1.165, 1.54) is 19.2 Å². The Hall–Kier alpha value is -5.66. The highest BCUT2D eigenvalue weighted by Crippen LogP contribution is 2.40. The van der Waals surface area contributed by atoms with Crippen molar-refractivity contribution in [3.05, 3.63) is 87.3 Å². The molecule has 0 saturated carbocycles. The van der Waals surface area contributed by atoms with Gasteiger partial charge in [0.05, 0.1) is 47.4 Å². The molecule has 2 atom stereocenters. The van der Waals surface area contributed by atoms with Gasteiger partial charge in [0, 0.05) is 54.7 Å². The van der Waals surface area contributed by atoms with Crippen molar-refractivity contribution in [2.24, 2.45) is 0 Å². The second-order valence-corrected chi connectivity index (χ2v) is 13.0. The Labute approximate surface area is 313 Å². The highest BCUT2D eigenvalue weighted by atomic mass is 127. The van der Waals surface area contributed by atoms with E-state index in [1.807, 2.05) is 6.07 Å². The van der Waals surface area contributed by atoms with Crippen LogP contribution < -0.4 is 20.1 Å². The molecule has 0 radical (unpaired) electrons. The molecule has 276 valence electrons. The number of nitrogens with one attached hydrogen (secondary N) is 2. The van der Waals surface area contributed by atoms with Crippen LogP contribution in [-0.4, -0.2) is 81.6 Å². The monoisotopic (exact) mass is 845 g/mol. The van der Waals surface area contributed by atoms with Gasteiger partial charge in [0.2, 0.25) is 0 Å². The van der Waals surface area contributed by atoms with E-state index in [0.29, 0.717) is 43.0 Å². The third-order valence-electron chi connectivity index (χ3n) is 8.69. The van der Waals surface area contributed by atoms with Gasteiger partial charge in [-0.25, -0.2) is 19.6 Å². The summed E-state index contributed by atoms with van der Waals surface area (Å²) in [5.41, 5.74) is 1.60. The second-order valence-electron chi connectivity index (χ2n) is 11.8. The van der Waals surface area contributed by atoms with Gasteiger partial charge in [-0.1, -0.05) is 12.1 Å². The van der Waals surface area contributed by atoms with Crippen LogP contribution in [0.25, 0.3) is 22.2 Å². The van der Waals surface area contributed by atoms with E-state index in [2.05, 4.69) is 43.2 Å². The first-order valence-corrected chi connectivity index (χ1v) is 16.9. The van der Waals surface area contributed by atoms with Crippen molar-refractivity contribution < 1.29 is 46.9 Å². The number of hydrogen-bond donors (Lipinski definition) is 3. The number of methoxy groups -OCH3 is 3. The van der Waals surface area contributed by atoms with Crippen LogP contribution in [0.15, 0.2) is 67.0 Å². The number of carbonyl (C=O) groups is 3. The van der Waals surface area contributed by atoms with Gasteiger partial charge in [0.1, 0.15) is 34.9 Å². The summed E-state index contributed by atoms with van der Waals surface area (Å²) in [5.74, 6) is -0.493. The molecule has 2 aromatic carbocycles. The summed E-state index contributed by atoms with van der Waals surface area (Å²) in [7, 11) is 4.28. The first kappa shape index (κ1) is 37.1. The fourth-order valence-electron chi connectivity index (χ4n) is 6.10. The lowest BCUT2D eigenvalue weighted by Gasteiger charge is -2.19.